The van der Waals surface area contributed by atoms with Crippen LogP contribution in [0, 0.1) is 0 Å². The summed E-state index contributed by atoms with van der Waals surface area (Å²) in [6, 6.07) is 3.48. The molecule has 0 bridgehead atoms. The Morgan fingerprint density at radius 1 is 1.47 bits per heavy atom. The maximum atomic E-state index is 11.8. The highest BCUT2D eigenvalue weighted by atomic mass is 79.9. The van der Waals surface area contributed by atoms with Gasteiger partial charge in [-0.2, -0.15) is 0 Å². The highest BCUT2D eigenvalue weighted by molar-refractivity contribution is 9.11. The van der Waals surface area contributed by atoms with Gasteiger partial charge in [0.05, 0.1) is 14.9 Å². The van der Waals surface area contributed by atoms with Crippen LogP contribution in [0.5, 0.6) is 0 Å². The Morgan fingerprint density at radius 3 is 2.76 bits per heavy atom. The van der Waals surface area contributed by atoms with Crippen molar-refractivity contribution in [3.05, 3.63) is 32.7 Å². The maximum absolute atomic E-state index is 11.8. The molecule has 2 aromatic heterocycles. The topological polar surface area (TPSA) is 85.1 Å². The Labute approximate surface area is 108 Å². The summed E-state index contributed by atoms with van der Waals surface area (Å²) in [6.07, 6.45) is 1.23. The maximum Gasteiger partial charge on any atom is 0.358 e. The molecule has 0 amide bonds. The fourth-order valence-corrected chi connectivity index (χ4v) is 2.48. The number of thiophene rings is 1. The predicted octanol–water partition coefficient (Wildman–Crippen LogP) is 1.68. The molecular formula is C9H6BrN3O3S. The number of hydrogen-bond acceptors (Lipinski definition) is 5. The number of rotatable bonds is 4. The van der Waals surface area contributed by atoms with E-state index in [9.17, 15) is 9.59 Å². The molecule has 0 aliphatic rings. The molecule has 2 rings (SSSR count). The van der Waals surface area contributed by atoms with Crippen LogP contribution in [0.2, 0.25) is 0 Å². The second kappa shape index (κ2) is 4.76. The third-order valence-corrected chi connectivity index (χ3v) is 3.58. The number of carbonyl (C=O) groups is 2. The van der Waals surface area contributed by atoms with E-state index in [2.05, 4.69) is 26.2 Å². The zero-order valence-electron chi connectivity index (χ0n) is 8.33. The number of halogens is 1. The van der Waals surface area contributed by atoms with Gasteiger partial charge in [0.2, 0.25) is 0 Å². The van der Waals surface area contributed by atoms with Crippen molar-refractivity contribution in [2.75, 3.05) is 0 Å². The average molecular weight is 316 g/mol. The molecule has 8 heteroatoms. The quantitative estimate of drug-likeness (QED) is 0.868. The lowest BCUT2D eigenvalue weighted by molar-refractivity contribution is 0.0690. The smallest absolute Gasteiger partial charge is 0.358 e. The molecule has 6 nitrogen and oxygen atoms in total. The van der Waals surface area contributed by atoms with E-state index in [0.29, 0.717) is 4.88 Å². The van der Waals surface area contributed by atoms with Gasteiger partial charge in [-0.1, -0.05) is 5.21 Å². The van der Waals surface area contributed by atoms with Gasteiger partial charge < -0.3 is 5.11 Å². The minimum Gasteiger partial charge on any atom is -0.476 e. The first kappa shape index (κ1) is 11.9. The van der Waals surface area contributed by atoms with E-state index >= 15 is 0 Å². The van der Waals surface area contributed by atoms with Crippen LogP contribution in [0.4, 0.5) is 0 Å². The predicted molar refractivity (Wildman–Crippen MR) is 63.3 cm³/mol. The van der Waals surface area contributed by atoms with E-state index in [1.807, 2.05) is 0 Å². The summed E-state index contributed by atoms with van der Waals surface area (Å²) < 4.78 is 2.07. The van der Waals surface area contributed by atoms with Gasteiger partial charge in [-0.25, -0.2) is 9.48 Å². The van der Waals surface area contributed by atoms with Crippen molar-refractivity contribution in [1.82, 2.24) is 15.0 Å². The lowest BCUT2D eigenvalue weighted by Crippen LogP contribution is -2.09. The Bertz CT molecular complexity index is 578. The first-order chi connectivity index (χ1) is 8.06. The molecule has 2 aromatic rings. The third kappa shape index (κ3) is 2.77. The lowest BCUT2D eigenvalue weighted by atomic mass is 10.3. The monoisotopic (exact) mass is 315 g/mol. The molecule has 0 saturated heterocycles. The SMILES string of the molecule is O=C(O)c1cn(CC(=O)c2ccc(Br)s2)nn1. The average Bonchev–Trinajstić information content (AvgIpc) is 2.86. The fraction of sp³-hybridized carbons (Fsp3) is 0.111. The Kier molecular flexibility index (Phi) is 3.34. The largest absolute Gasteiger partial charge is 0.476 e. The van der Waals surface area contributed by atoms with Crippen molar-refractivity contribution in [3.63, 3.8) is 0 Å². The van der Waals surface area contributed by atoms with Crippen LogP contribution in [0.15, 0.2) is 22.1 Å². The minimum absolute atomic E-state index is 0.0206. The molecule has 1 N–H and O–H groups in total. The van der Waals surface area contributed by atoms with E-state index < -0.39 is 5.97 Å². The van der Waals surface area contributed by atoms with E-state index in [-0.39, 0.29) is 18.0 Å². The van der Waals surface area contributed by atoms with Crippen LogP contribution < -0.4 is 0 Å². The second-order valence-corrected chi connectivity index (χ2v) is 5.60. The summed E-state index contributed by atoms with van der Waals surface area (Å²) in [4.78, 5) is 22.9. The zero-order valence-corrected chi connectivity index (χ0v) is 10.7. The zero-order chi connectivity index (χ0) is 12.4. The molecule has 0 aromatic carbocycles. The van der Waals surface area contributed by atoms with Gasteiger partial charge in [0.1, 0.15) is 6.54 Å². The van der Waals surface area contributed by atoms with Crippen LogP contribution in [-0.4, -0.2) is 31.9 Å². The number of carbonyl (C=O) groups excluding carboxylic acids is 1. The summed E-state index contributed by atoms with van der Waals surface area (Å²) in [5.41, 5.74) is -0.176. The number of carboxylic acids is 1. The summed E-state index contributed by atoms with van der Waals surface area (Å²) in [7, 11) is 0. The third-order valence-electron chi connectivity index (χ3n) is 1.91. The van der Waals surface area contributed by atoms with E-state index in [4.69, 9.17) is 5.11 Å². The fourth-order valence-electron chi connectivity index (χ4n) is 1.16. The summed E-state index contributed by atoms with van der Waals surface area (Å²) >= 11 is 4.58. The van der Waals surface area contributed by atoms with Gasteiger partial charge in [-0.05, 0) is 28.1 Å². The molecular weight excluding hydrogens is 310 g/mol. The van der Waals surface area contributed by atoms with Crippen LogP contribution in [0.3, 0.4) is 0 Å². The van der Waals surface area contributed by atoms with E-state index in [1.54, 1.807) is 12.1 Å². The number of ketones is 1. The molecule has 17 heavy (non-hydrogen) atoms. The molecule has 0 spiro atoms. The van der Waals surface area contributed by atoms with Gasteiger partial charge in [-0.15, -0.1) is 16.4 Å². The molecule has 0 unspecified atom stereocenters. The first-order valence-electron chi connectivity index (χ1n) is 4.48. The van der Waals surface area contributed by atoms with Gasteiger partial charge in [0.25, 0.3) is 0 Å². The molecule has 0 saturated carbocycles. The Hall–Kier alpha value is -1.54. The van der Waals surface area contributed by atoms with Crippen molar-refractivity contribution in [3.8, 4) is 0 Å². The molecule has 0 fully saturated rings. The molecule has 0 atom stereocenters. The van der Waals surface area contributed by atoms with Crippen LogP contribution in [-0.2, 0) is 6.54 Å². The van der Waals surface area contributed by atoms with E-state index in [1.165, 1.54) is 22.2 Å². The number of Topliss-reactive ketones (excluding diaryl/α,β-unsaturated/α-hetero) is 1. The summed E-state index contributed by atoms with van der Waals surface area (Å²) in [5, 5.41) is 15.6. The Morgan fingerprint density at radius 2 is 2.24 bits per heavy atom. The standard InChI is InChI=1S/C9H6BrN3O3S/c10-8-2-1-7(17-8)6(14)4-13-3-5(9(15)16)11-12-13/h1-3H,4H2,(H,15,16). The number of carboxylic acid groups (broad SMARTS) is 1. The van der Waals surface area contributed by atoms with Gasteiger partial charge in [0.15, 0.2) is 11.5 Å². The van der Waals surface area contributed by atoms with Crippen LogP contribution in [0.1, 0.15) is 20.2 Å². The normalized spacial score (nSPS) is 10.4. The van der Waals surface area contributed by atoms with Crippen LogP contribution >= 0.6 is 27.3 Å². The highest BCUT2D eigenvalue weighted by Crippen LogP contribution is 2.22. The Balaban J connectivity index is 2.10. The number of hydrogen-bond donors (Lipinski definition) is 1. The summed E-state index contributed by atoms with van der Waals surface area (Å²) in [6.45, 7) is -0.0206. The van der Waals surface area contributed by atoms with Crippen molar-refractivity contribution in [1.29, 1.82) is 0 Å². The van der Waals surface area contributed by atoms with Gasteiger partial charge >= 0.3 is 5.97 Å². The molecule has 0 aliphatic carbocycles. The van der Waals surface area contributed by atoms with Gasteiger partial charge in [-0.3, -0.25) is 4.79 Å². The van der Waals surface area contributed by atoms with Crippen molar-refractivity contribution in [2.24, 2.45) is 0 Å². The number of nitrogens with zero attached hydrogens (tertiary/aromatic N) is 3. The lowest BCUT2D eigenvalue weighted by Gasteiger charge is -1.96. The first-order valence-corrected chi connectivity index (χ1v) is 6.09. The molecule has 2 heterocycles. The van der Waals surface area contributed by atoms with Crippen molar-refractivity contribution in [2.45, 2.75) is 6.54 Å². The molecule has 0 radical (unpaired) electrons. The minimum atomic E-state index is -1.16. The van der Waals surface area contributed by atoms with Crippen molar-refractivity contribution < 1.29 is 14.7 Å². The van der Waals surface area contributed by atoms with Crippen molar-refractivity contribution >= 4 is 39.0 Å². The molecule has 88 valence electrons. The number of aromatic nitrogens is 3. The summed E-state index contributed by atoms with van der Waals surface area (Å²) in [5.74, 6) is -1.30. The highest BCUT2D eigenvalue weighted by Gasteiger charge is 2.13. The molecule has 0 aliphatic heterocycles. The number of aromatic carboxylic acids is 1. The second-order valence-electron chi connectivity index (χ2n) is 3.13. The van der Waals surface area contributed by atoms with E-state index in [0.717, 1.165) is 3.79 Å². The van der Waals surface area contributed by atoms with Crippen LogP contribution in [0.25, 0.3) is 0 Å². The van der Waals surface area contributed by atoms with Gasteiger partial charge in [0, 0.05) is 0 Å².